The fourth-order valence-electron chi connectivity index (χ4n) is 1.69. The van der Waals surface area contributed by atoms with Crippen molar-refractivity contribution in [2.24, 2.45) is 0 Å². The number of anilines is 1. The highest BCUT2D eigenvalue weighted by atomic mass is 35.5. The zero-order valence-corrected chi connectivity index (χ0v) is 12.5. The van der Waals surface area contributed by atoms with Crippen LogP contribution in [-0.4, -0.2) is 24.0 Å². The molecule has 2 aromatic rings. The van der Waals surface area contributed by atoms with Crippen LogP contribution in [0.2, 0.25) is 5.02 Å². The lowest BCUT2D eigenvalue weighted by Gasteiger charge is -2.09. The van der Waals surface area contributed by atoms with Crippen molar-refractivity contribution in [3.05, 3.63) is 57.9 Å². The molecule has 1 N–H and O–H groups in total. The van der Waals surface area contributed by atoms with Gasteiger partial charge in [0.05, 0.1) is 29.6 Å². The Morgan fingerprint density at radius 3 is 2.38 bits per heavy atom. The summed E-state index contributed by atoms with van der Waals surface area (Å²) < 4.78 is 57.1. The van der Waals surface area contributed by atoms with Crippen molar-refractivity contribution in [1.82, 2.24) is 4.98 Å². The third kappa shape index (κ3) is 3.30. The van der Waals surface area contributed by atoms with Gasteiger partial charge in [0.1, 0.15) is 0 Å². The SMILES string of the molecule is COC(=O)c1ncc(NC(=O)c2cc(F)c(F)c(F)c2F)cc1Cl. The fraction of sp³-hybridized carbons (Fsp3) is 0.0714. The summed E-state index contributed by atoms with van der Waals surface area (Å²) in [6.07, 6.45) is 0.990. The average Bonchev–Trinajstić information content (AvgIpc) is 2.55. The van der Waals surface area contributed by atoms with Gasteiger partial charge in [0.2, 0.25) is 0 Å². The van der Waals surface area contributed by atoms with Crippen molar-refractivity contribution in [2.75, 3.05) is 12.4 Å². The largest absolute Gasteiger partial charge is 0.464 e. The molecule has 0 saturated heterocycles. The Labute approximate surface area is 137 Å². The number of aromatic nitrogens is 1. The zero-order chi connectivity index (χ0) is 18.0. The molecule has 0 unspecified atom stereocenters. The number of esters is 1. The van der Waals surface area contributed by atoms with Gasteiger partial charge in [-0.3, -0.25) is 4.79 Å². The Bertz CT molecular complexity index is 845. The molecule has 1 aromatic heterocycles. The molecule has 0 aliphatic heterocycles. The number of halogens is 5. The van der Waals surface area contributed by atoms with Crippen molar-refractivity contribution in [1.29, 1.82) is 0 Å². The van der Waals surface area contributed by atoms with Crippen LogP contribution in [0.1, 0.15) is 20.8 Å². The second kappa shape index (κ2) is 6.83. The molecule has 0 aliphatic rings. The van der Waals surface area contributed by atoms with Gasteiger partial charge in [0, 0.05) is 0 Å². The second-order valence-corrected chi connectivity index (χ2v) is 4.76. The number of nitrogens with one attached hydrogen (secondary N) is 1. The van der Waals surface area contributed by atoms with Crippen LogP contribution in [0.3, 0.4) is 0 Å². The number of carbonyl (C=O) groups excluding carboxylic acids is 2. The molecule has 2 rings (SSSR count). The summed E-state index contributed by atoms with van der Waals surface area (Å²) in [5.41, 5.74) is -1.39. The Balaban J connectivity index is 2.31. The number of nitrogens with zero attached hydrogens (tertiary/aromatic N) is 1. The average molecular weight is 363 g/mol. The van der Waals surface area contributed by atoms with Gasteiger partial charge in [-0.15, -0.1) is 0 Å². The third-order valence-electron chi connectivity index (χ3n) is 2.83. The first kappa shape index (κ1) is 17.7. The highest BCUT2D eigenvalue weighted by molar-refractivity contribution is 6.33. The van der Waals surface area contributed by atoms with Crippen molar-refractivity contribution in [3.8, 4) is 0 Å². The van der Waals surface area contributed by atoms with E-state index in [1.54, 1.807) is 0 Å². The summed E-state index contributed by atoms with van der Waals surface area (Å²) in [5.74, 6) is -9.82. The van der Waals surface area contributed by atoms with Crippen LogP contribution in [-0.2, 0) is 4.74 Å². The first-order valence-electron chi connectivity index (χ1n) is 6.14. The van der Waals surface area contributed by atoms with E-state index in [0.717, 1.165) is 19.4 Å². The number of methoxy groups -OCH3 is 1. The number of hydrogen-bond acceptors (Lipinski definition) is 4. The molecule has 1 amide bonds. The summed E-state index contributed by atoms with van der Waals surface area (Å²) in [7, 11) is 1.11. The predicted molar refractivity (Wildman–Crippen MR) is 74.8 cm³/mol. The number of hydrogen-bond donors (Lipinski definition) is 1. The highest BCUT2D eigenvalue weighted by Gasteiger charge is 2.23. The lowest BCUT2D eigenvalue weighted by Crippen LogP contribution is -2.17. The van der Waals surface area contributed by atoms with Crippen molar-refractivity contribution in [3.63, 3.8) is 0 Å². The molecule has 24 heavy (non-hydrogen) atoms. The summed E-state index contributed by atoms with van der Waals surface area (Å²) in [6.45, 7) is 0. The minimum atomic E-state index is -2.11. The normalized spacial score (nSPS) is 10.4. The van der Waals surface area contributed by atoms with E-state index in [9.17, 15) is 27.2 Å². The molecule has 0 radical (unpaired) electrons. The third-order valence-corrected chi connectivity index (χ3v) is 3.11. The van der Waals surface area contributed by atoms with E-state index in [1.165, 1.54) is 0 Å². The smallest absolute Gasteiger partial charge is 0.358 e. The molecule has 126 valence electrons. The van der Waals surface area contributed by atoms with E-state index in [2.05, 4.69) is 15.0 Å². The van der Waals surface area contributed by atoms with Gasteiger partial charge < -0.3 is 10.1 Å². The van der Waals surface area contributed by atoms with Crippen molar-refractivity contribution >= 4 is 29.2 Å². The van der Waals surface area contributed by atoms with E-state index >= 15 is 0 Å². The number of amides is 1. The number of carbonyl (C=O) groups is 2. The summed E-state index contributed by atoms with van der Waals surface area (Å²) >= 11 is 5.78. The molecule has 0 atom stereocenters. The van der Waals surface area contributed by atoms with Crippen LogP contribution in [0.25, 0.3) is 0 Å². The summed E-state index contributed by atoms with van der Waals surface area (Å²) in [4.78, 5) is 26.8. The Hall–Kier alpha value is -2.68. The van der Waals surface area contributed by atoms with Crippen molar-refractivity contribution < 1.29 is 31.9 Å². The summed E-state index contributed by atoms with van der Waals surface area (Å²) in [6, 6.07) is 1.30. The highest BCUT2D eigenvalue weighted by Crippen LogP contribution is 2.22. The second-order valence-electron chi connectivity index (χ2n) is 4.35. The lowest BCUT2D eigenvalue weighted by molar-refractivity contribution is 0.0594. The fourth-order valence-corrected chi connectivity index (χ4v) is 1.93. The van der Waals surface area contributed by atoms with Crippen LogP contribution >= 0.6 is 11.6 Å². The maximum atomic E-state index is 13.5. The Morgan fingerprint density at radius 2 is 1.79 bits per heavy atom. The molecule has 0 bridgehead atoms. The van der Waals surface area contributed by atoms with E-state index in [0.29, 0.717) is 0 Å². The summed E-state index contributed by atoms with van der Waals surface area (Å²) in [5, 5.41) is 1.88. The molecule has 0 saturated carbocycles. The van der Waals surface area contributed by atoms with Gasteiger partial charge in [-0.05, 0) is 12.1 Å². The molecular weight excluding hydrogens is 356 g/mol. The zero-order valence-electron chi connectivity index (χ0n) is 11.8. The molecule has 1 aromatic carbocycles. The van der Waals surface area contributed by atoms with E-state index in [4.69, 9.17) is 11.6 Å². The van der Waals surface area contributed by atoms with Crippen molar-refractivity contribution in [2.45, 2.75) is 0 Å². The molecule has 0 spiro atoms. The standard InChI is InChI=1S/C14H7ClF4N2O3/c1-24-14(23)12-7(15)2-5(4-20-12)21-13(22)6-3-8(16)10(18)11(19)9(6)17/h2-4H,1H3,(H,21,22). The monoisotopic (exact) mass is 362 g/mol. The first-order chi connectivity index (χ1) is 11.3. The van der Waals surface area contributed by atoms with Crippen LogP contribution < -0.4 is 5.32 Å². The van der Waals surface area contributed by atoms with E-state index in [1.807, 2.05) is 0 Å². The van der Waals surface area contributed by atoms with Gasteiger partial charge >= 0.3 is 5.97 Å². The number of pyridine rings is 1. The minimum Gasteiger partial charge on any atom is -0.464 e. The van der Waals surface area contributed by atoms with Crippen LogP contribution in [0.15, 0.2) is 18.3 Å². The molecule has 5 nitrogen and oxygen atoms in total. The number of rotatable bonds is 3. The Kier molecular flexibility index (Phi) is 5.03. The molecular formula is C14H7ClF4N2O3. The predicted octanol–water partition coefficient (Wildman–Crippen LogP) is 3.33. The first-order valence-corrected chi connectivity index (χ1v) is 6.52. The minimum absolute atomic E-state index is 0.0952. The molecule has 10 heteroatoms. The molecule has 0 aliphatic carbocycles. The van der Waals surface area contributed by atoms with Gasteiger partial charge in [-0.1, -0.05) is 11.6 Å². The van der Waals surface area contributed by atoms with Gasteiger partial charge in [-0.2, -0.15) is 0 Å². The van der Waals surface area contributed by atoms with Gasteiger partial charge in [0.15, 0.2) is 29.0 Å². The van der Waals surface area contributed by atoms with Crippen LogP contribution in [0.4, 0.5) is 23.2 Å². The van der Waals surface area contributed by atoms with Gasteiger partial charge in [0.25, 0.3) is 5.91 Å². The number of ether oxygens (including phenoxy) is 1. The lowest BCUT2D eigenvalue weighted by atomic mass is 10.1. The quantitative estimate of drug-likeness (QED) is 0.393. The molecule has 0 fully saturated rings. The van der Waals surface area contributed by atoms with Crippen LogP contribution in [0.5, 0.6) is 0 Å². The van der Waals surface area contributed by atoms with E-state index in [-0.39, 0.29) is 22.5 Å². The molecule has 1 heterocycles. The maximum Gasteiger partial charge on any atom is 0.358 e. The van der Waals surface area contributed by atoms with Crippen LogP contribution in [0, 0.1) is 23.3 Å². The maximum absolute atomic E-state index is 13.5. The van der Waals surface area contributed by atoms with E-state index < -0.39 is 40.7 Å². The topological polar surface area (TPSA) is 68.3 Å². The van der Waals surface area contributed by atoms with Gasteiger partial charge in [-0.25, -0.2) is 27.3 Å². The Morgan fingerprint density at radius 1 is 1.12 bits per heavy atom. The number of benzene rings is 1.